The number of ether oxygens (including phenoxy) is 1. The molecule has 1 heterocycles. The van der Waals surface area contributed by atoms with Crippen LogP contribution >= 0.6 is 0 Å². The number of nitrogens with zero attached hydrogens (tertiary/aromatic N) is 2. The molecule has 0 amide bonds. The van der Waals surface area contributed by atoms with Gasteiger partial charge in [-0.05, 0) is 49.2 Å². The van der Waals surface area contributed by atoms with Crippen molar-refractivity contribution in [3.63, 3.8) is 0 Å². The second kappa shape index (κ2) is 10.7. The number of hydrogen-bond acceptors (Lipinski definition) is 4. The van der Waals surface area contributed by atoms with Crippen LogP contribution in [-0.4, -0.2) is 40.8 Å². The summed E-state index contributed by atoms with van der Waals surface area (Å²) in [7, 11) is 0. The number of rotatable bonds is 10. The Bertz CT molecular complexity index is 866. The summed E-state index contributed by atoms with van der Waals surface area (Å²) >= 11 is 0. The highest BCUT2D eigenvalue weighted by Crippen LogP contribution is 2.14. The lowest BCUT2D eigenvalue weighted by Crippen LogP contribution is -2.36. The zero-order chi connectivity index (χ0) is 20.5. The van der Waals surface area contributed by atoms with Crippen LogP contribution in [0.2, 0.25) is 0 Å². The minimum absolute atomic E-state index is 0.275. The summed E-state index contributed by atoms with van der Waals surface area (Å²) in [6, 6.07) is 22.3. The molecule has 0 saturated heterocycles. The lowest BCUT2D eigenvalue weighted by Gasteiger charge is -2.26. The molecule has 0 aliphatic carbocycles. The molecule has 1 N–H and O–H groups in total. The fourth-order valence-electron chi connectivity index (χ4n) is 3.26. The van der Waals surface area contributed by atoms with Gasteiger partial charge >= 0.3 is 0 Å². The van der Waals surface area contributed by atoms with E-state index in [9.17, 15) is 5.11 Å². The van der Waals surface area contributed by atoms with Crippen LogP contribution in [0.15, 0.2) is 72.9 Å². The third-order valence-electron chi connectivity index (χ3n) is 5.00. The van der Waals surface area contributed by atoms with Gasteiger partial charge in [-0.15, -0.1) is 0 Å². The molecule has 4 nitrogen and oxygen atoms in total. The van der Waals surface area contributed by atoms with Crippen LogP contribution in [0.3, 0.4) is 0 Å². The van der Waals surface area contributed by atoms with Gasteiger partial charge in [0.05, 0.1) is 0 Å². The Morgan fingerprint density at radius 2 is 1.72 bits per heavy atom. The molecule has 3 aromatic rings. The lowest BCUT2D eigenvalue weighted by atomic mass is 10.1. The molecule has 0 aliphatic rings. The predicted molar refractivity (Wildman–Crippen MR) is 117 cm³/mol. The molecule has 0 fully saturated rings. The first-order valence-corrected chi connectivity index (χ1v) is 10.1. The van der Waals surface area contributed by atoms with Gasteiger partial charge in [-0.1, -0.05) is 48.0 Å². The van der Waals surface area contributed by atoms with Gasteiger partial charge < -0.3 is 9.84 Å². The van der Waals surface area contributed by atoms with E-state index in [1.807, 2.05) is 55.6 Å². The summed E-state index contributed by atoms with van der Waals surface area (Å²) in [4.78, 5) is 6.70. The van der Waals surface area contributed by atoms with Crippen LogP contribution in [0.5, 0.6) is 5.75 Å². The number of aliphatic hydroxyl groups is 1. The second-order valence-corrected chi connectivity index (χ2v) is 7.51. The molecule has 0 aliphatic heterocycles. The van der Waals surface area contributed by atoms with Crippen LogP contribution in [0.1, 0.15) is 22.4 Å². The normalized spacial score (nSPS) is 12.1. The van der Waals surface area contributed by atoms with Crippen molar-refractivity contribution in [2.75, 3.05) is 19.7 Å². The van der Waals surface area contributed by atoms with E-state index >= 15 is 0 Å². The minimum atomic E-state index is -0.566. The molecule has 1 unspecified atom stereocenters. The third kappa shape index (κ3) is 7.00. The fourth-order valence-corrected chi connectivity index (χ4v) is 3.26. The predicted octanol–water partition coefficient (Wildman–Crippen LogP) is 4.18. The number of aliphatic hydroxyl groups excluding tert-OH is 1. The van der Waals surface area contributed by atoms with Gasteiger partial charge in [-0.3, -0.25) is 9.88 Å². The zero-order valence-corrected chi connectivity index (χ0v) is 17.3. The van der Waals surface area contributed by atoms with Crippen LogP contribution in [-0.2, 0) is 13.0 Å². The Labute approximate surface area is 173 Å². The first-order chi connectivity index (χ1) is 14.1. The summed E-state index contributed by atoms with van der Waals surface area (Å²) in [5.41, 5.74) is 4.80. The summed E-state index contributed by atoms with van der Waals surface area (Å²) in [6.45, 7) is 6.62. The van der Waals surface area contributed by atoms with Gasteiger partial charge in [0.1, 0.15) is 18.5 Å². The molecule has 0 spiro atoms. The molecule has 4 heteroatoms. The van der Waals surface area contributed by atoms with Crippen molar-refractivity contribution in [1.82, 2.24) is 9.88 Å². The van der Waals surface area contributed by atoms with E-state index in [0.717, 1.165) is 31.0 Å². The maximum absolute atomic E-state index is 10.6. The summed E-state index contributed by atoms with van der Waals surface area (Å²) < 4.78 is 5.77. The van der Waals surface area contributed by atoms with Crippen molar-refractivity contribution in [3.8, 4) is 5.75 Å². The molecule has 152 valence electrons. The highest BCUT2D eigenvalue weighted by Gasteiger charge is 2.14. The smallest absolute Gasteiger partial charge is 0.119 e. The molecule has 2 aromatic carbocycles. The van der Waals surface area contributed by atoms with Gasteiger partial charge in [-0.2, -0.15) is 0 Å². The molecule has 29 heavy (non-hydrogen) atoms. The summed E-state index contributed by atoms with van der Waals surface area (Å²) in [5.74, 6) is 0.786. The Morgan fingerprint density at radius 1 is 0.966 bits per heavy atom. The largest absolute Gasteiger partial charge is 0.491 e. The van der Waals surface area contributed by atoms with Crippen molar-refractivity contribution in [2.45, 2.75) is 32.9 Å². The molecule has 0 saturated carbocycles. The molecular formula is C25H30N2O2. The van der Waals surface area contributed by atoms with E-state index in [0.29, 0.717) is 6.54 Å². The van der Waals surface area contributed by atoms with Crippen LogP contribution in [0, 0.1) is 13.8 Å². The summed E-state index contributed by atoms with van der Waals surface area (Å²) in [5, 5.41) is 10.6. The molecular weight excluding hydrogens is 360 g/mol. The van der Waals surface area contributed by atoms with Crippen molar-refractivity contribution >= 4 is 0 Å². The lowest BCUT2D eigenvalue weighted by molar-refractivity contribution is 0.0658. The van der Waals surface area contributed by atoms with Crippen LogP contribution in [0.4, 0.5) is 0 Å². The molecule has 1 aromatic heterocycles. The molecule has 0 radical (unpaired) electrons. The van der Waals surface area contributed by atoms with E-state index in [2.05, 4.69) is 41.1 Å². The van der Waals surface area contributed by atoms with Crippen LogP contribution in [0.25, 0.3) is 0 Å². The maximum Gasteiger partial charge on any atom is 0.119 e. The quantitative estimate of drug-likeness (QED) is 0.564. The Hall–Kier alpha value is -2.69. The Morgan fingerprint density at radius 3 is 2.45 bits per heavy atom. The SMILES string of the molecule is Cc1ccc(OCC(O)CN(CCc2ccccn2)Cc2ccccc2C)cc1. The third-order valence-corrected chi connectivity index (χ3v) is 5.00. The van der Waals surface area contributed by atoms with E-state index in [1.54, 1.807) is 0 Å². The van der Waals surface area contributed by atoms with E-state index in [4.69, 9.17) is 4.74 Å². The van der Waals surface area contributed by atoms with Crippen molar-refractivity contribution in [3.05, 3.63) is 95.3 Å². The van der Waals surface area contributed by atoms with Crippen LogP contribution < -0.4 is 4.74 Å². The Balaban J connectivity index is 1.59. The average Bonchev–Trinajstić information content (AvgIpc) is 2.74. The molecule has 3 rings (SSSR count). The van der Waals surface area contributed by atoms with Gasteiger partial charge in [0.25, 0.3) is 0 Å². The minimum Gasteiger partial charge on any atom is -0.491 e. The van der Waals surface area contributed by atoms with E-state index < -0.39 is 6.10 Å². The number of benzene rings is 2. The van der Waals surface area contributed by atoms with Crippen molar-refractivity contribution in [1.29, 1.82) is 0 Å². The topological polar surface area (TPSA) is 45.6 Å². The van der Waals surface area contributed by atoms with E-state index in [1.165, 1.54) is 16.7 Å². The number of pyridine rings is 1. The highest BCUT2D eigenvalue weighted by molar-refractivity contribution is 5.26. The summed E-state index contributed by atoms with van der Waals surface area (Å²) in [6.07, 6.45) is 2.10. The van der Waals surface area contributed by atoms with Crippen molar-refractivity contribution < 1.29 is 9.84 Å². The van der Waals surface area contributed by atoms with Gasteiger partial charge in [-0.25, -0.2) is 0 Å². The standard InChI is InChI=1S/C25H30N2O2/c1-20-10-12-25(13-11-20)29-19-24(28)18-27(16-14-23-9-5-6-15-26-23)17-22-8-4-3-7-21(22)2/h3-13,15,24,28H,14,16-19H2,1-2H3. The van der Waals surface area contributed by atoms with Gasteiger partial charge in [0, 0.05) is 37.9 Å². The number of aryl methyl sites for hydroxylation is 2. The monoisotopic (exact) mass is 390 g/mol. The second-order valence-electron chi connectivity index (χ2n) is 7.51. The van der Waals surface area contributed by atoms with E-state index in [-0.39, 0.29) is 6.61 Å². The van der Waals surface area contributed by atoms with Gasteiger partial charge in [0.2, 0.25) is 0 Å². The number of aromatic nitrogens is 1. The zero-order valence-electron chi connectivity index (χ0n) is 17.3. The molecule has 0 bridgehead atoms. The average molecular weight is 391 g/mol. The molecule has 1 atom stereocenters. The first-order valence-electron chi connectivity index (χ1n) is 10.1. The number of hydrogen-bond donors (Lipinski definition) is 1. The fraction of sp³-hybridized carbons (Fsp3) is 0.320. The maximum atomic E-state index is 10.6. The van der Waals surface area contributed by atoms with Crippen molar-refractivity contribution in [2.24, 2.45) is 0 Å². The first kappa shape index (κ1) is 21.0. The Kier molecular flexibility index (Phi) is 7.79. The highest BCUT2D eigenvalue weighted by atomic mass is 16.5. The van der Waals surface area contributed by atoms with Gasteiger partial charge in [0.15, 0.2) is 0 Å².